The number of nitrogens with one attached hydrogen (secondary N) is 1. The third kappa shape index (κ3) is 4.85. The number of likely N-dealkylation sites (tertiary alicyclic amines) is 1. The largest absolute Gasteiger partial charge is 0.396 e. The number of carbonyl (C=O) groups excluding carboxylic acids is 2. The lowest BCUT2D eigenvalue weighted by molar-refractivity contribution is 0.0575. The average Bonchev–Trinajstić information content (AvgIpc) is 2.70. The van der Waals surface area contributed by atoms with Crippen molar-refractivity contribution in [3.05, 3.63) is 62.2 Å². The Morgan fingerprint density at radius 1 is 1.18 bits per heavy atom. The highest BCUT2D eigenvalue weighted by atomic mass is 127. The van der Waals surface area contributed by atoms with E-state index in [1.165, 1.54) is 0 Å². The third-order valence-electron chi connectivity index (χ3n) is 4.93. The molecule has 0 bridgehead atoms. The first-order valence-corrected chi connectivity index (χ1v) is 10.7. The maximum atomic E-state index is 13.3. The second kappa shape index (κ2) is 9.71. The van der Waals surface area contributed by atoms with Crippen LogP contribution in [0.2, 0.25) is 5.02 Å². The van der Waals surface area contributed by atoms with Crippen LogP contribution in [0.5, 0.6) is 0 Å². The van der Waals surface area contributed by atoms with Gasteiger partial charge < -0.3 is 15.3 Å². The standard InChI is InChI=1S/C21H22ClIN2O3/c22-18-7-2-1-6-16(18)20(27)24-19-9-8-14(23)13-17(19)21(28)25-11-4-3-5-15(25)10-12-26/h1-2,6-9,13,15,26H,3-5,10-12H2,(H,24,27). The maximum Gasteiger partial charge on any atom is 0.257 e. The fraction of sp³-hybridized carbons (Fsp3) is 0.333. The number of hydrogen-bond acceptors (Lipinski definition) is 3. The molecule has 148 valence electrons. The van der Waals surface area contributed by atoms with Gasteiger partial charge in [0.25, 0.3) is 11.8 Å². The number of benzene rings is 2. The minimum Gasteiger partial charge on any atom is -0.396 e. The quantitative estimate of drug-likeness (QED) is 0.577. The first-order valence-electron chi connectivity index (χ1n) is 9.28. The van der Waals surface area contributed by atoms with Crippen molar-refractivity contribution in [1.29, 1.82) is 0 Å². The Kier molecular flexibility index (Phi) is 7.31. The van der Waals surface area contributed by atoms with Crippen LogP contribution >= 0.6 is 34.2 Å². The summed E-state index contributed by atoms with van der Waals surface area (Å²) in [5.41, 5.74) is 1.28. The second-order valence-electron chi connectivity index (χ2n) is 6.78. The third-order valence-corrected chi connectivity index (χ3v) is 5.93. The predicted molar refractivity (Wildman–Crippen MR) is 119 cm³/mol. The van der Waals surface area contributed by atoms with Crippen molar-refractivity contribution in [2.45, 2.75) is 31.7 Å². The summed E-state index contributed by atoms with van der Waals surface area (Å²) in [7, 11) is 0. The molecule has 1 aliphatic rings. The van der Waals surface area contributed by atoms with Crippen LogP contribution in [0, 0.1) is 3.57 Å². The first kappa shape index (κ1) is 21.1. The molecule has 3 rings (SSSR count). The molecule has 2 N–H and O–H groups in total. The molecule has 28 heavy (non-hydrogen) atoms. The summed E-state index contributed by atoms with van der Waals surface area (Å²) >= 11 is 8.28. The number of nitrogens with zero attached hydrogens (tertiary/aromatic N) is 1. The summed E-state index contributed by atoms with van der Waals surface area (Å²) in [5.74, 6) is -0.475. The topological polar surface area (TPSA) is 69.6 Å². The van der Waals surface area contributed by atoms with E-state index in [2.05, 4.69) is 27.9 Å². The summed E-state index contributed by atoms with van der Waals surface area (Å²) in [6.07, 6.45) is 3.45. The summed E-state index contributed by atoms with van der Waals surface area (Å²) in [6.45, 7) is 0.712. The van der Waals surface area contributed by atoms with Crippen LogP contribution in [-0.2, 0) is 0 Å². The van der Waals surface area contributed by atoms with E-state index in [1.54, 1.807) is 36.4 Å². The van der Waals surface area contributed by atoms with Crippen LogP contribution in [0.4, 0.5) is 5.69 Å². The highest BCUT2D eigenvalue weighted by Crippen LogP contribution is 2.27. The Morgan fingerprint density at radius 2 is 1.96 bits per heavy atom. The fourth-order valence-corrected chi connectivity index (χ4v) is 4.22. The molecule has 0 saturated carbocycles. The van der Waals surface area contributed by atoms with Crippen LogP contribution < -0.4 is 5.32 Å². The molecule has 1 saturated heterocycles. The minimum absolute atomic E-state index is 0.0243. The zero-order valence-electron chi connectivity index (χ0n) is 15.3. The van der Waals surface area contributed by atoms with Crippen molar-refractivity contribution in [3.8, 4) is 0 Å². The van der Waals surface area contributed by atoms with E-state index >= 15 is 0 Å². The SMILES string of the molecule is O=C(Nc1ccc(I)cc1C(=O)N1CCCCC1CCO)c1ccccc1Cl. The van der Waals surface area contributed by atoms with Crippen molar-refractivity contribution in [3.63, 3.8) is 0 Å². The van der Waals surface area contributed by atoms with Gasteiger partial charge in [0, 0.05) is 22.8 Å². The monoisotopic (exact) mass is 512 g/mol. The number of hydrogen-bond donors (Lipinski definition) is 2. The Hall–Kier alpha value is -1.64. The molecule has 1 atom stereocenters. The fourth-order valence-electron chi connectivity index (χ4n) is 3.51. The number of amides is 2. The molecule has 0 aliphatic carbocycles. The molecule has 2 amide bonds. The van der Waals surface area contributed by atoms with Crippen molar-refractivity contribution in [1.82, 2.24) is 4.90 Å². The van der Waals surface area contributed by atoms with Gasteiger partial charge in [0.2, 0.25) is 0 Å². The number of rotatable bonds is 5. The van der Waals surface area contributed by atoms with E-state index in [0.717, 1.165) is 22.8 Å². The van der Waals surface area contributed by atoms with E-state index in [4.69, 9.17) is 11.6 Å². The number of aliphatic hydroxyl groups excluding tert-OH is 1. The Bertz CT molecular complexity index is 872. The van der Waals surface area contributed by atoms with E-state index in [1.807, 2.05) is 11.0 Å². The van der Waals surface area contributed by atoms with E-state index in [-0.39, 0.29) is 24.5 Å². The van der Waals surface area contributed by atoms with Crippen LogP contribution in [0.25, 0.3) is 0 Å². The molecule has 1 aliphatic heterocycles. The number of anilines is 1. The van der Waals surface area contributed by atoms with E-state index < -0.39 is 0 Å². The van der Waals surface area contributed by atoms with Crippen LogP contribution in [0.1, 0.15) is 46.4 Å². The summed E-state index contributed by atoms with van der Waals surface area (Å²) in [6, 6.07) is 12.2. The lowest BCUT2D eigenvalue weighted by Crippen LogP contribution is -2.44. The van der Waals surface area contributed by atoms with Crippen LogP contribution in [0.3, 0.4) is 0 Å². The molecule has 7 heteroatoms. The molecular weight excluding hydrogens is 491 g/mol. The Morgan fingerprint density at radius 3 is 2.71 bits per heavy atom. The van der Waals surface area contributed by atoms with Gasteiger partial charge in [-0.1, -0.05) is 23.7 Å². The minimum atomic E-state index is -0.355. The molecule has 1 heterocycles. The van der Waals surface area contributed by atoms with Gasteiger partial charge in [-0.3, -0.25) is 9.59 Å². The average molecular weight is 513 g/mol. The second-order valence-corrected chi connectivity index (χ2v) is 8.44. The van der Waals surface area contributed by atoms with Gasteiger partial charge in [-0.05, 0) is 78.6 Å². The zero-order valence-corrected chi connectivity index (χ0v) is 18.2. The molecule has 2 aromatic rings. The highest BCUT2D eigenvalue weighted by Gasteiger charge is 2.29. The van der Waals surface area contributed by atoms with Crippen molar-refractivity contribution in [2.24, 2.45) is 0 Å². The first-order chi connectivity index (χ1) is 13.5. The predicted octanol–water partition coefficient (Wildman–Crippen LogP) is 4.57. The maximum absolute atomic E-state index is 13.3. The number of aliphatic hydroxyl groups is 1. The summed E-state index contributed by atoms with van der Waals surface area (Å²) in [4.78, 5) is 27.8. The van der Waals surface area contributed by atoms with Crippen molar-refractivity contribution in [2.75, 3.05) is 18.5 Å². The molecule has 1 fully saturated rings. The number of carbonyl (C=O) groups is 2. The number of piperidine rings is 1. The van der Waals surface area contributed by atoms with E-state index in [9.17, 15) is 14.7 Å². The lowest BCUT2D eigenvalue weighted by atomic mass is 9.98. The van der Waals surface area contributed by atoms with Gasteiger partial charge in [0.1, 0.15) is 0 Å². The smallest absolute Gasteiger partial charge is 0.257 e. The van der Waals surface area contributed by atoms with E-state index in [0.29, 0.717) is 34.8 Å². The van der Waals surface area contributed by atoms with Crippen LogP contribution in [0.15, 0.2) is 42.5 Å². The molecule has 0 spiro atoms. The zero-order chi connectivity index (χ0) is 20.1. The van der Waals surface area contributed by atoms with Gasteiger partial charge in [0.05, 0.1) is 21.8 Å². The highest BCUT2D eigenvalue weighted by molar-refractivity contribution is 14.1. The van der Waals surface area contributed by atoms with Gasteiger partial charge >= 0.3 is 0 Å². The molecule has 0 radical (unpaired) electrons. The van der Waals surface area contributed by atoms with Gasteiger partial charge in [-0.15, -0.1) is 0 Å². The molecule has 2 aromatic carbocycles. The van der Waals surface area contributed by atoms with Crippen molar-refractivity contribution < 1.29 is 14.7 Å². The normalized spacial score (nSPS) is 16.7. The van der Waals surface area contributed by atoms with Gasteiger partial charge in [-0.2, -0.15) is 0 Å². The molecule has 5 nitrogen and oxygen atoms in total. The van der Waals surface area contributed by atoms with Crippen molar-refractivity contribution >= 4 is 51.7 Å². The van der Waals surface area contributed by atoms with Gasteiger partial charge in [0.15, 0.2) is 0 Å². The Labute approximate surface area is 183 Å². The lowest BCUT2D eigenvalue weighted by Gasteiger charge is -2.36. The van der Waals surface area contributed by atoms with Crippen LogP contribution in [-0.4, -0.2) is 41.0 Å². The molecule has 1 unspecified atom stereocenters. The van der Waals surface area contributed by atoms with Gasteiger partial charge in [-0.25, -0.2) is 0 Å². The molecule has 0 aromatic heterocycles. The molecular formula is C21H22ClIN2O3. The number of halogens is 2. The Balaban J connectivity index is 1.89. The summed E-state index contributed by atoms with van der Waals surface area (Å²) in [5, 5.41) is 12.5. The summed E-state index contributed by atoms with van der Waals surface area (Å²) < 4.78 is 0.910.